The fraction of sp³-hybridized carbons (Fsp3) is 0.636. The predicted octanol–water partition coefficient (Wildman–Crippen LogP) is -1.27. The average molecular weight is 256 g/mol. The third-order valence-electron chi connectivity index (χ3n) is 3.28. The summed E-state index contributed by atoms with van der Waals surface area (Å²) in [5.41, 5.74) is -0.651. The van der Waals surface area contributed by atoms with Crippen LogP contribution in [0.5, 0.6) is 0 Å². The number of rotatable bonds is 2. The van der Waals surface area contributed by atoms with Crippen LogP contribution < -0.4 is 11.2 Å². The first-order chi connectivity index (χ1) is 8.45. The highest BCUT2D eigenvalue weighted by atomic mass is 16.5. The van der Waals surface area contributed by atoms with Gasteiger partial charge in [0.05, 0.1) is 12.7 Å². The summed E-state index contributed by atoms with van der Waals surface area (Å²) in [6.07, 6.45) is -0.863. The van der Waals surface area contributed by atoms with E-state index in [1.54, 1.807) is 13.8 Å². The average Bonchev–Trinajstić information content (AvgIpc) is 2.61. The second-order valence-corrected chi connectivity index (χ2v) is 4.58. The molecule has 0 aromatic carbocycles. The highest BCUT2D eigenvalue weighted by Gasteiger charge is 2.41. The molecule has 4 atom stereocenters. The number of ether oxygens (including phenoxy) is 1. The van der Waals surface area contributed by atoms with Crippen LogP contribution in [-0.2, 0) is 4.74 Å². The van der Waals surface area contributed by atoms with E-state index in [-0.39, 0.29) is 12.5 Å². The van der Waals surface area contributed by atoms with Gasteiger partial charge < -0.3 is 14.9 Å². The number of hydrogen-bond donors (Lipinski definition) is 3. The van der Waals surface area contributed by atoms with Gasteiger partial charge >= 0.3 is 5.69 Å². The lowest BCUT2D eigenvalue weighted by Crippen LogP contribution is -2.35. The number of aliphatic hydroxyl groups excluding tert-OH is 2. The smallest absolute Gasteiger partial charge is 0.330 e. The number of nitrogens with zero attached hydrogens (tertiary/aromatic N) is 1. The number of aromatic nitrogens is 2. The van der Waals surface area contributed by atoms with E-state index in [4.69, 9.17) is 9.84 Å². The van der Waals surface area contributed by atoms with Gasteiger partial charge in [0.1, 0.15) is 12.3 Å². The van der Waals surface area contributed by atoms with Gasteiger partial charge in [0.25, 0.3) is 5.56 Å². The maximum Gasteiger partial charge on any atom is 0.330 e. The molecule has 1 saturated heterocycles. The van der Waals surface area contributed by atoms with Crippen molar-refractivity contribution in [3.8, 4) is 0 Å². The van der Waals surface area contributed by atoms with Crippen molar-refractivity contribution in [1.29, 1.82) is 0 Å². The van der Waals surface area contributed by atoms with Gasteiger partial charge in [0.2, 0.25) is 0 Å². The van der Waals surface area contributed by atoms with E-state index < -0.39 is 29.7 Å². The Labute approximate surface area is 103 Å². The van der Waals surface area contributed by atoms with E-state index in [0.29, 0.717) is 5.56 Å². The van der Waals surface area contributed by atoms with Crippen LogP contribution in [0.2, 0.25) is 0 Å². The molecule has 2 rings (SSSR count). The topological polar surface area (TPSA) is 105 Å². The van der Waals surface area contributed by atoms with Crippen molar-refractivity contribution in [3.63, 3.8) is 0 Å². The van der Waals surface area contributed by atoms with Crippen LogP contribution in [0.25, 0.3) is 0 Å². The summed E-state index contributed by atoms with van der Waals surface area (Å²) in [4.78, 5) is 25.2. The lowest BCUT2D eigenvalue weighted by molar-refractivity contribution is -0.0477. The molecule has 0 aliphatic carbocycles. The van der Waals surface area contributed by atoms with Crippen LogP contribution in [0, 0.1) is 12.8 Å². The molecule has 7 nitrogen and oxygen atoms in total. The van der Waals surface area contributed by atoms with Gasteiger partial charge in [-0.15, -0.1) is 0 Å². The van der Waals surface area contributed by atoms with Crippen LogP contribution in [0.1, 0.15) is 18.7 Å². The summed E-state index contributed by atoms with van der Waals surface area (Å²) in [6, 6.07) is 0. The summed E-state index contributed by atoms with van der Waals surface area (Å²) in [5.74, 6) is -0.356. The Kier molecular flexibility index (Phi) is 3.38. The lowest BCUT2D eigenvalue weighted by Gasteiger charge is -2.18. The van der Waals surface area contributed by atoms with Gasteiger partial charge in [-0.3, -0.25) is 14.3 Å². The first-order valence-electron chi connectivity index (χ1n) is 5.72. The normalized spacial score (nSPS) is 31.8. The summed E-state index contributed by atoms with van der Waals surface area (Å²) >= 11 is 0. The van der Waals surface area contributed by atoms with E-state index in [1.165, 1.54) is 10.8 Å². The number of H-pyrrole nitrogens is 1. The van der Waals surface area contributed by atoms with Gasteiger partial charge in [-0.2, -0.15) is 0 Å². The maximum absolute atomic E-state index is 11.7. The van der Waals surface area contributed by atoms with Crippen LogP contribution in [0.3, 0.4) is 0 Å². The predicted molar refractivity (Wildman–Crippen MR) is 62.2 cm³/mol. The molecule has 3 N–H and O–H groups in total. The molecule has 0 amide bonds. The highest BCUT2D eigenvalue weighted by Crippen LogP contribution is 2.33. The summed E-state index contributed by atoms with van der Waals surface area (Å²) in [6.45, 7) is 2.98. The molecule has 2 unspecified atom stereocenters. The van der Waals surface area contributed by atoms with Crippen molar-refractivity contribution < 1.29 is 14.9 Å². The van der Waals surface area contributed by atoms with E-state index >= 15 is 0 Å². The molecule has 1 aliphatic rings. The second kappa shape index (κ2) is 4.68. The van der Waals surface area contributed by atoms with Crippen LogP contribution >= 0.6 is 0 Å². The van der Waals surface area contributed by atoms with Gasteiger partial charge in [0.15, 0.2) is 0 Å². The molecule has 0 radical (unpaired) electrons. The number of aryl methyl sites for hydroxylation is 1. The van der Waals surface area contributed by atoms with Crippen LogP contribution in [0.15, 0.2) is 15.8 Å². The van der Waals surface area contributed by atoms with E-state index in [9.17, 15) is 14.7 Å². The SMILES string of the molecule is Cc1cn([C@@H]2O[C@H](CO)C(O)C2C)c(=O)[nH]c1=O. The molecule has 1 aromatic rings. The third kappa shape index (κ3) is 2.00. The summed E-state index contributed by atoms with van der Waals surface area (Å²) in [7, 11) is 0. The number of nitrogens with one attached hydrogen (secondary N) is 1. The third-order valence-corrected chi connectivity index (χ3v) is 3.28. The quantitative estimate of drug-likeness (QED) is 0.612. The van der Waals surface area contributed by atoms with Crippen molar-refractivity contribution in [3.05, 3.63) is 32.6 Å². The number of hydrogen-bond acceptors (Lipinski definition) is 5. The van der Waals surface area contributed by atoms with E-state index in [0.717, 1.165) is 0 Å². The zero-order chi connectivity index (χ0) is 13.4. The van der Waals surface area contributed by atoms with Gasteiger partial charge in [-0.25, -0.2) is 4.79 Å². The Balaban J connectivity index is 2.42. The minimum atomic E-state index is -0.848. The van der Waals surface area contributed by atoms with Gasteiger partial charge in [0, 0.05) is 17.7 Å². The fourth-order valence-electron chi connectivity index (χ4n) is 2.14. The standard InChI is InChI=1S/C11H16N2O5/c1-5-3-13(11(17)12-9(5)16)10-6(2)8(15)7(4-14)18-10/h3,6-8,10,14-15H,4H2,1-2H3,(H,12,16,17)/t6?,7-,8?,10-/m1/s1. The molecule has 2 heterocycles. The molecule has 7 heteroatoms. The molecular weight excluding hydrogens is 240 g/mol. The summed E-state index contributed by atoms with van der Waals surface area (Å²) < 4.78 is 6.67. The van der Waals surface area contributed by atoms with Crippen LogP contribution in [0.4, 0.5) is 0 Å². The summed E-state index contributed by atoms with van der Waals surface area (Å²) in [5, 5.41) is 18.9. The maximum atomic E-state index is 11.7. The lowest BCUT2D eigenvalue weighted by atomic mass is 10.0. The fourth-order valence-corrected chi connectivity index (χ4v) is 2.14. The zero-order valence-electron chi connectivity index (χ0n) is 10.2. The molecule has 0 spiro atoms. The number of aliphatic hydroxyl groups is 2. The van der Waals surface area contributed by atoms with Crippen molar-refractivity contribution >= 4 is 0 Å². The van der Waals surface area contributed by atoms with Crippen LogP contribution in [-0.4, -0.2) is 38.6 Å². The van der Waals surface area contributed by atoms with Crippen molar-refractivity contribution in [2.75, 3.05) is 6.61 Å². The van der Waals surface area contributed by atoms with Crippen molar-refractivity contribution in [2.45, 2.75) is 32.3 Å². The second-order valence-electron chi connectivity index (χ2n) is 4.58. The zero-order valence-corrected chi connectivity index (χ0v) is 10.2. The molecule has 18 heavy (non-hydrogen) atoms. The van der Waals surface area contributed by atoms with Gasteiger partial charge in [-0.05, 0) is 6.92 Å². The molecular formula is C11H16N2O5. The van der Waals surface area contributed by atoms with E-state index in [1.807, 2.05) is 0 Å². The van der Waals surface area contributed by atoms with Crippen molar-refractivity contribution in [1.82, 2.24) is 9.55 Å². The molecule has 1 aliphatic heterocycles. The van der Waals surface area contributed by atoms with Gasteiger partial charge in [-0.1, -0.05) is 6.92 Å². The monoisotopic (exact) mass is 256 g/mol. The molecule has 1 fully saturated rings. The van der Waals surface area contributed by atoms with Crippen molar-refractivity contribution in [2.24, 2.45) is 5.92 Å². The molecule has 0 bridgehead atoms. The first-order valence-corrected chi connectivity index (χ1v) is 5.72. The molecule has 0 saturated carbocycles. The molecule has 1 aromatic heterocycles. The Morgan fingerprint density at radius 2 is 2.17 bits per heavy atom. The Morgan fingerprint density at radius 1 is 1.50 bits per heavy atom. The molecule has 100 valence electrons. The highest BCUT2D eigenvalue weighted by molar-refractivity contribution is 5.02. The Morgan fingerprint density at radius 3 is 2.72 bits per heavy atom. The number of aromatic amines is 1. The first kappa shape index (κ1) is 13.0. The largest absolute Gasteiger partial charge is 0.394 e. The minimum absolute atomic E-state index is 0.320. The Hall–Kier alpha value is -1.44. The van der Waals surface area contributed by atoms with E-state index in [2.05, 4.69) is 4.98 Å². The Bertz CT molecular complexity index is 549. The minimum Gasteiger partial charge on any atom is -0.394 e.